The number of benzene rings is 2. The van der Waals surface area contributed by atoms with Crippen LogP contribution in [0.1, 0.15) is 46.8 Å². The number of carbonyl (C=O) groups excluding carboxylic acids is 1. The van der Waals surface area contributed by atoms with Gasteiger partial charge in [0, 0.05) is 11.7 Å². The first kappa shape index (κ1) is 18.9. The summed E-state index contributed by atoms with van der Waals surface area (Å²) in [6, 6.07) is 12.4. The van der Waals surface area contributed by atoms with E-state index < -0.39 is 15.8 Å². The summed E-state index contributed by atoms with van der Waals surface area (Å²) >= 11 is 0. The molecule has 0 aliphatic carbocycles. The minimum absolute atomic E-state index is 0.346. The predicted molar refractivity (Wildman–Crippen MR) is 101 cm³/mol. The highest BCUT2D eigenvalue weighted by Gasteiger charge is 2.12. The largest absolute Gasteiger partial charge is 0.423 e. The normalized spacial score (nSPS) is 11.9. The number of hydrogen-bond acceptors (Lipinski definition) is 4. The molecule has 0 saturated carbocycles. The van der Waals surface area contributed by atoms with Gasteiger partial charge in [0.2, 0.25) is 0 Å². The molecule has 0 spiro atoms. The van der Waals surface area contributed by atoms with E-state index in [0.29, 0.717) is 22.8 Å². The van der Waals surface area contributed by atoms with Gasteiger partial charge in [0.15, 0.2) is 9.84 Å². The Morgan fingerprint density at radius 3 is 2.28 bits per heavy atom. The Morgan fingerprint density at radius 2 is 1.72 bits per heavy atom. The molecule has 0 aromatic heterocycles. The molecule has 0 atom stereocenters. The van der Waals surface area contributed by atoms with Crippen LogP contribution >= 0.6 is 0 Å². The maximum atomic E-state index is 12.3. The highest BCUT2D eigenvalue weighted by molar-refractivity contribution is 7.93. The average molecular weight is 358 g/mol. The molecule has 0 N–H and O–H groups in total. The number of aryl methyl sites for hydroxylation is 1. The van der Waals surface area contributed by atoms with Gasteiger partial charge < -0.3 is 4.74 Å². The maximum Gasteiger partial charge on any atom is 0.343 e. The van der Waals surface area contributed by atoms with Gasteiger partial charge in [-0.25, -0.2) is 13.2 Å². The van der Waals surface area contributed by atoms with E-state index in [0.717, 1.165) is 22.8 Å². The zero-order valence-electron chi connectivity index (χ0n) is 14.8. The van der Waals surface area contributed by atoms with E-state index in [1.807, 2.05) is 25.1 Å². The Labute approximate surface area is 149 Å². The minimum atomic E-state index is -3.18. The van der Waals surface area contributed by atoms with E-state index in [1.165, 1.54) is 6.08 Å². The van der Waals surface area contributed by atoms with E-state index in [2.05, 4.69) is 13.8 Å². The summed E-state index contributed by atoms with van der Waals surface area (Å²) in [6.07, 6.45) is 2.61. The van der Waals surface area contributed by atoms with E-state index in [1.54, 1.807) is 24.3 Å². The zero-order chi connectivity index (χ0) is 18.6. The molecule has 0 saturated heterocycles. The van der Waals surface area contributed by atoms with Crippen molar-refractivity contribution in [2.75, 3.05) is 6.26 Å². The summed E-state index contributed by atoms with van der Waals surface area (Å²) in [4.78, 5) is 12.3. The molecular weight excluding hydrogens is 336 g/mol. The highest BCUT2D eigenvalue weighted by Crippen LogP contribution is 2.25. The second-order valence-corrected chi connectivity index (χ2v) is 8.25. The summed E-state index contributed by atoms with van der Waals surface area (Å²) in [5.41, 5.74) is 3.10. The quantitative estimate of drug-likeness (QED) is 0.589. The molecule has 0 fully saturated rings. The van der Waals surface area contributed by atoms with Crippen molar-refractivity contribution in [2.24, 2.45) is 0 Å². The zero-order valence-corrected chi connectivity index (χ0v) is 15.6. The van der Waals surface area contributed by atoms with Gasteiger partial charge in [-0.15, -0.1) is 0 Å². The van der Waals surface area contributed by atoms with Gasteiger partial charge in [-0.05, 0) is 53.8 Å². The van der Waals surface area contributed by atoms with Gasteiger partial charge in [0.1, 0.15) is 5.75 Å². The van der Waals surface area contributed by atoms with Gasteiger partial charge >= 0.3 is 5.97 Å². The first-order valence-corrected chi connectivity index (χ1v) is 9.92. The van der Waals surface area contributed by atoms with Gasteiger partial charge in [-0.1, -0.05) is 38.1 Å². The van der Waals surface area contributed by atoms with Crippen molar-refractivity contribution in [2.45, 2.75) is 26.7 Å². The number of sulfone groups is 1. The average Bonchev–Trinajstić information content (AvgIpc) is 2.54. The van der Waals surface area contributed by atoms with Gasteiger partial charge in [-0.2, -0.15) is 0 Å². The van der Waals surface area contributed by atoms with Crippen LogP contribution in [-0.4, -0.2) is 20.6 Å². The second-order valence-electron chi connectivity index (χ2n) is 6.32. The molecule has 0 amide bonds. The molecule has 0 unspecified atom stereocenters. The van der Waals surface area contributed by atoms with Crippen molar-refractivity contribution in [3.05, 3.63) is 70.1 Å². The van der Waals surface area contributed by atoms with Crippen LogP contribution in [0.4, 0.5) is 0 Å². The molecule has 0 aliphatic rings. The molecule has 0 bridgehead atoms. The Kier molecular flexibility index (Phi) is 5.80. The lowest BCUT2D eigenvalue weighted by atomic mass is 10.0. The SMILES string of the molecule is Cc1ccc(C(C)C)cc1OC(=O)c1ccc(/C=C/S(C)(=O)=O)cc1. The highest BCUT2D eigenvalue weighted by atomic mass is 32.2. The van der Waals surface area contributed by atoms with Crippen LogP contribution in [0.3, 0.4) is 0 Å². The topological polar surface area (TPSA) is 60.4 Å². The Bertz CT molecular complexity index is 892. The summed E-state index contributed by atoms with van der Waals surface area (Å²) < 4.78 is 27.8. The molecule has 2 aromatic carbocycles. The fourth-order valence-corrected chi connectivity index (χ4v) is 2.58. The Morgan fingerprint density at radius 1 is 1.08 bits per heavy atom. The van der Waals surface area contributed by atoms with Crippen LogP contribution in [0.5, 0.6) is 5.75 Å². The monoisotopic (exact) mass is 358 g/mol. The van der Waals surface area contributed by atoms with E-state index in [4.69, 9.17) is 4.74 Å². The number of carbonyl (C=O) groups is 1. The first-order valence-electron chi connectivity index (χ1n) is 7.96. The molecule has 5 heteroatoms. The van der Waals surface area contributed by atoms with Crippen molar-refractivity contribution in [1.82, 2.24) is 0 Å². The minimum Gasteiger partial charge on any atom is -0.423 e. The summed E-state index contributed by atoms with van der Waals surface area (Å²) in [5, 5.41) is 1.13. The van der Waals surface area contributed by atoms with Crippen molar-refractivity contribution in [3.8, 4) is 5.75 Å². The van der Waals surface area contributed by atoms with E-state index in [-0.39, 0.29) is 0 Å². The molecule has 2 aromatic rings. The Balaban J connectivity index is 2.16. The van der Waals surface area contributed by atoms with Crippen LogP contribution in [-0.2, 0) is 9.84 Å². The summed E-state index contributed by atoms with van der Waals surface area (Å²) in [7, 11) is -3.18. The van der Waals surface area contributed by atoms with Gasteiger partial charge in [0.05, 0.1) is 5.56 Å². The molecule has 4 nitrogen and oxygen atoms in total. The van der Waals surface area contributed by atoms with Crippen LogP contribution in [0, 0.1) is 6.92 Å². The molecule has 2 rings (SSSR count). The van der Waals surface area contributed by atoms with Crippen molar-refractivity contribution >= 4 is 21.9 Å². The lowest BCUT2D eigenvalue weighted by Gasteiger charge is -2.11. The number of rotatable bonds is 5. The van der Waals surface area contributed by atoms with Crippen LogP contribution in [0.15, 0.2) is 47.9 Å². The molecule has 25 heavy (non-hydrogen) atoms. The molecule has 0 radical (unpaired) electrons. The van der Waals surface area contributed by atoms with Gasteiger partial charge in [-0.3, -0.25) is 0 Å². The van der Waals surface area contributed by atoms with Crippen LogP contribution in [0.2, 0.25) is 0 Å². The number of hydrogen-bond donors (Lipinski definition) is 0. The third-order valence-corrected chi connectivity index (χ3v) is 4.37. The lowest BCUT2D eigenvalue weighted by Crippen LogP contribution is -2.09. The smallest absolute Gasteiger partial charge is 0.343 e. The van der Waals surface area contributed by atoms with Crippen LogP contribution in [0.25, 0.3) is 6.08 Å². The molecule has 0 heterocycles. The van der Waals surface area contributed by atoms with Crippen molar-refractivity contribution in [1.29, 1.82) is 0 Å². The molecular formula is C20H22O4S. The van der Waals surface area contributed by atoms with E-state index in [9.17, 15) is 13.2 Å². The van der Waals surface area contributed by atoms with Crippen LogP contribution < -0.4 is 4.74 Å². The first-order chi connectivity index (χ1) is 11.7. The van der Waals surface area contributed by atoms with Gasteiger partial charge in [0.25, 0.3) is 0 Å². The number of ether oxygens (including phenoxy) is 1. The Hall–Kier alpha value is -2.40. The summed E-state index contributed by atoms with van der Waals surface area (Å²) in [6.45, 7) is 6.06. The third-order valence-electron chi connectivity index (χ3n) is 3.74. The van der Waals surface area contributed by atoms with E-state index >= 15 is 0 Å². The number of esters is 1. The predicted octanol–water partition coefficient (Wildman–Crippen LogP) is 4.35. The fraction of sp³-hybridized carbons (Fsp3) is 0.250. The summed E-state index contributed by atoms with van der Waals surface area (Å²) in [5.74, 6) is 0.457. The maximum absolute atomic E-state index is 12.3. The molecule has 0 aliphatic heterocycles. The lowest BCUT2D eigenvalue weighted by molar-refractivity contribution is 0.0733. The van der Waals surface area contributed by atoms with Crippen molar-refractivity contribution < 1.29 is 17.9 Å². The standard InChI is InChI=1S/C20H22O4S/c1-14(2)18-8-5-15(3)19(13-18)24-20(21)17-9-6-16(7-10-17)11-12-25(4,22)23/h5-14H,1-4H3/b12-11+. The molecule has 132 valence electrons. The fourth-order valence-electron chi connectivity index (χ4n) is 2.18. The second kappa shape index (κ2) is 7.66. The van der Waals surface area contributed by atoms with Crippen molar-refractivity contribution in [3.63, 3.8) is 0 Å². The third kappa shape index (κ3) is 5.57.